The molecule has 0 atom stereocenters. The molecule has 0 amide bonds. The van der Waals surface area contributed by atoms with Crippen molar-refractivity contribution in [2.45, 2.75) is 0 Å². The van der Waals surface area contributed by atoms with E-state index in [4.69, 9.17) is 10.5 Å². The lowest BCUT2D eigenvalue weighted by Gasteiger charge is -2.08. The van der Waals surface area contributed by atoms with Crippen LogP contribution in [0.25, 0.3) is 22.2 Å². The zero-order valence-electron chi connectivity index (χ0n) is 10.6. The smallest absolute Gasteiger partial charge is 0.142 e. The number of fused-ring (bicyclic) bond motifs is 1. The first-order valence-electron chi connectivity index (χ1n) is 6.07. The van der Waals surface area contributed by atoms with E-state index < -0.39 is 0 Å². The van der Waals surface area contributed by atoms with Gasteiger partial charge in [-0.3, -0.25) is 0 Å². The SMILES string of the molecule is COc1cc(-c2ccc3ccccc3n2)ccc1N. The van der Waals surface area contributed by atoms with Crippen LogP contribution in [0.4, 0.5) is 5.69 Å². The Labute approximate surface area is 111 Å². The first-order valence-corrected chi connectivity index (χ1v) is 6.07. The molecular weight excluding hydrogens is 236 g/mol. The van der Waals surface area contributed by atoms with Crippen molar-refractivity contribution in [1.82, 2.24) is 4.98 Å². The van der Waals surface area contributed by atoms with Crippen LogP contribution in [0.2, 0.25) is 0 Å². The Hall–Kier alpha value is -2.55. The lowest BCUT2D eigenvalue weighted by molar-refractivity contribution is 0.417. The molecule has 0 saturated heterocycles. The number of hydrogen-bond donors (Lipinski definition) is 1. The molecule has 0 aliphatic heterocycles. The molecule has 3 aromatic rings. The number of nitrogens with zero attached hydrogens (tertiary/aromatic N) is 1. The number of aromatic nitrogens is 1. The van der Waals surface area contributed by atoms with E-state index in [1.54, 1.807) is 7.11 Å². The summed E-state index contributed by atoms with van der Waals surface area (Å²) in [6, 6.07) is 17.8. The van der Waals surface area contributed by atoms with E-state index in [9.17, 15) is 0 Å². The number of benzene rings is 2. The molecule has 2 aromatic carbocycles. The van der Waals surface area contributed by atoms with Gasteiger partial charge < -0.3 is 10.5 Å². The van der Waals surface area contributed by atoms with E-state index in [0.717, 1.165) is 22.2 Å². The predicted octanol–water partition coefficient (Wildman–Crippen LogP) is 3.49. The summed E-state index contributed by atoms with van der Waals surface area (Å²) in [5.74, 6) is 0.674. The van der Waals surface area contributed by atoms with Crippen molar-refractivity contribution in [2.24, 2.45) is 0 Å². The van der Waals surface area contributed by atoms with Crippen LogP contribution in [-0.4, -0.2) is 12.1 Å². The van der Waals surface area contributed by atoms with Gasteiger partial charge in [-0.1, -0.05) is 30.3 Å². The number of hydrogen-bond acceptors (Lipinski definition) is 3. The van der Waals surface area contributed by atoms with Crippen LogP contribution in [0.5, 0.6) is 5.75 Å². The largest absolute Gasteiger partial charge is 0.495 e. The number of pyridine rings is 1. The van der Waals surface area contributed by atoms with Crippen LogP contribution in [0.15, 0.2) is 54.6 Å². The molecule has 3 nitrogen and oxygen atoms in total. The lowest BCUT2D eigenvalue weighted by atomic mass is 10.1. The van der Waals surface area contributed by atoms with Gasteiger partial charge >= 0.3 is 0 Å². The van der Waals surface area contributed by atoms with E-state index in [2.05, 4.69) is 17.1 Å². The monoisotopic (exact) mass is 250 g/mol. The third-order valence-electron chi connectivity index (χ3n) is 3.13. The summed E-state index contributed by atoms with van der Waals surface area (Å²) in [4.78, 5) is 4.65. The van der Waals surface area contributed by atoms with Gasteiger partial charge in [0.2, 0.25) is 0 Å². The number of nitrogen functional groups attached to an aromatic ring is 1. The highest BCUT2D eigenvalue weighted by Crippen LogP contribution is 2.28. The van der Waals surface area contributed by atoms with Gasteiger partial charge in [-0.15, -0.1) is 0 Å². The predicted molar refractivity (Wildman–Crippen MR) is 78.1 cm³/mol. The number of anilines is 1. The van der Waals surface area contributed by atoms with Crippen LogP contribution in [0.3, 0.4) is 0 Å². The maximum atomic E-state index is 5.82. The zero-order chi connectivity index (χ0) is 13.2. The van der Waals surface area contributed by atoms with Gasteiger partial charge in [0.15, 0.2) is 0 Å². The standard InChI is InChI=1S/C16H14N2O/c1-19-16-10-12(6-8-13(16)17)15-9-7-11-4-2-3-5-14(11)18-15/h2-10H,17H2,1H3. The lowest BCUT2D eigenvalue weighted by Crippen LogP contribution is -1.93. The molecule has 0 spiro atoms. The summed E-state index contributed by atoms with van der Waals surface area (Å²) in [7, 11) is 1.61. The quantitative estimate of drug-likeness (QED) is 0.708. The van der Waals surface area contributed by atoms with E-state index in [1.807, 2.05) is 42.5 Å². The van der Waals surface area contributed by atoms with Gasteiger partial charge in [0.25, 0.3) is 0 Å². The Bertz CT molecular complexity index is 738. The molecule has 1 heterocycles. The molecule has 3 rings (SSSR count). The average Bonchev–Trinajstić information content (AvgIpc) is 2.47. The molecular formula is C16H14N2O. The summed E-state index contributed by atoms with van der Waals surface area (Å²) in [5, 5.41) is 1.13. The summed E-state index contributed by atoms with van der Waals surface area (Å²) in [5.41, 5.74) is 9.35. The minimum absolute atomic E-state index is 0.632. The molecule has 0 fully saturated rings. The van der Waals surface area contributed by atoms with E-state index in [1.165, 1.54) is 0 Å². The molecule has 0 saturated carbocycles. The number of nitrogens with two attached hydrogens (primary N) is 1. The van der Waals surface area contributed by atoms with Crippen LogP contribution >= 0.6 is 0 Å². The fourth-order valence-electron chi connectivity index (χ4n) is 2.10. The molecule has 0 aliphatic rings. The fraction of sp³-hybridized carbons (Fsp3) is 0.0625. The zero-order valence-corrected chi connectivity index (χ0v) is 10.6. The Morgan fingerprint density at radius 3 is 2.68 bits per heavy atom. The highest BCUT2D eigenvalue weighted by Gasteiger charge is 2.05. The van der Waals surface area contributed by atoms with Gasteiger partial charge in [-0.25, -0.2) is 4.98 Å². The summed E-state index contributed by atoms with van der Waals surface area (Å²) >= 11 is 0. The molecule has 0 bridgehead atoms. The van der Waals surface area contributed by atoms with Crippen molar-refractivity contribution in [3.8, 4) is 17.0 Å². The van der Waals surface area contributed by atoms with Crippen molar-refractivity contribution in [2.75, 3.05) is 12.8 Å². The van der Waals surface area contributed by atoms with Gasteiger partial charge in [0.05, 0.1) is 24.0 Å². The fourth-order valence-corrected chi connectivity index (χ4v) is 2.10. The average molecular weight is 250 g/mol. The number of para-hydroxylation sites is 1. The van der Waals surface area contributed by atoms with E-state index in [-0.39, 0.29) is 0 Å². The molecule has 19 heavy (non-hydrogen) atoms. The Morgan fingerprint density at radius 2 is 1.84 bits per heavy atom. The third-order valence-corrected chi connectivity index (χ3v) is 3.13. The van der Waals surface area contributed by atoms with Gasteiger partial charge in [0.1, 0.15) is 5.75 Å². The van der Waals surface area contributed by atoms with Gasteiger partial charge in [-0.05, 0) is 24.3 Å². The second kappa shape index (κ2) is 4.61. The molecule has 0 unspecified atom stereocenters. The second-order valence-electron chi connectivity index (χ2n) is 4.35. The molecule has 1 aromatic heterocycles. The van der Waals surface area contributed by atoms with Crippen LogP contribution < -0.4 is 10.5 Å². The number of rotatable bonds is 2. The molecule has 0 radical (unpaired) electrons. The van der Waals surface area contributed by atoms with E-state index >= 15 is 0 Å². The molecule has 94 valence electrons. The van der Waals surface area contributed by atoms with Crippen molar-refractivity contribution < 1.29 is 4.74 Å². The molecule has 3 heteroatoms. The van der Waals surface area contributed by atoms with E-state index in [0.29, 0.717) is 11.4 Å². The second-order valence-corrected chi connectivity index (χ2v) is 4.35. The topological polar surface area (TPSA) is 48.1 Å². The highest BCUT2D eigenvalue weighted by atomic mass is 16.5. The minimum atomic E-state index is 0.632. The van der Waals surface area contributed by atoms with Crippen LogP contribution in [0.1, 0.15) is 0 Å². The Balaban J connectivity index is 2.13. The minimum Gasteiger partial charge on any atom is -0.495 e. The Kier molecular flexibility index (Phi) is 2.80. The van der Waals surface area contributed by atoms with Crippen molar-refractivity contribution >= 4 is 16.6 Å². The van der Waals surface area contributed by atoms with Gasteiger partial charge in [-0.2, -0.15) is 0 Å². The highest BCUT2D eigenvalue weighted by molar-refractivity contribution is 5.81. The maximum Gasteiger partial charge on any atom is 0.142 e. The first kappa shape index (κ1) is 11.5. The number of ether oxygens (including phenoxy) is 1. The summed E-state index contributed by atoms with van der Waals surface area (Å²) in [6.07, 6.45) is 0. The van der Waals surface area contributed by atoms with Crippen molar-refractivity contribution in [1.29, 1.82) is 0 Å². The summed E-state index contributed by atoms with van der Waals surface area (Å²) in [6.45, 7) is 0. The maximum absolute atomic E-state index is 5.82. The normalized spacial score (nSPS) is 10.6. The Morgan fingerprint density at radius 1 is 1.00 bits per heavy atom. The first-order chi connectivity index (χ1) is 9.28. The molecule has 0 aliphatic carbocycles. The summed E-state index contributed by atoms with van der Waals surface area (Å²) < 4.78 is 5.24. The number of methoxy groups -OCH3 is 1. The van der Waals surface area contributed by atoms with Crippen LogP contribution in [0, 0.1) is 0 Å². The van der Waals surface area contributed by atoms with Crippen molar-refractivity contribution in [3.05, 3.63) is 54.6 Å². The van der Waals surface area contributed by atoms with Crippen LogP contribution in [-0.2, 0) is 0 Å². The third kappa shape index (κ3) is 2.10. The molecule has 2 N–H and O–H groups in total. The van der Waals surface area contributed by atoms with Gasteiger partial charge in [0, 0.05) is 10.9 Å². The van der Waals surface area contributed by atoms with Crippen molar-refractivity contribution in [3.63, 3.8) is 0 Å².